The second-order valence-electron chi connectivity index (χ2n) is 2.11. The summed E-state index contributed by atoms with van der Waals surface area (Å²) in [4.78, 5) is 0. The van der Waals surface area contributed by atoms with Crippen molar-refractivity contribution in [1.82, 2.24) is 0 Å². The first-order valence-electron chi connectivity index (χ1n) is 4.02. The molecule has 0 aromatic heterocycles. The van der Waals surface area contributed by atoms with Gasteiger partial charge in [-0.1, -0.05) is 6.92 Å². The fourth-order valence-corrected chi connectivity index (χ4v) is 0.750. The van der Waals surface area contributed by atoms with Crippen molar-refractivity contribution in [2.24, 2.45) is 0 Å². The molecule has 0 unspecified atom stereocenters. The van der Waals surface area contributed by atoms with Crippen LogP contribution in [0.15, 0.2) is 0 Å². The molecule has 14 heavy (non-hydrogen) atoms. The number of unbranched alkanes of at least 4 members (excludes halogenated alkanes) is 1. The Hall–Kier alpha value is 0.403. The first-order valence-corrected chi connectivity index (χ1v) is 6.38. The van der Waals surface area contributed by atoms with Gasteiger partial charge in [0.25, 0.3) is 0 Å². The molecule has 0 saturated heterocycles. The van der Waals surface area contributed by atoms with Crippen molar-refractivity contribution in [3.63, 3.8) is 0 Å². The number of rotatable bonds is 4. The molecule has 0 saturated carbocycles. The van der Waals surface area contributed by atoms with Crippen LogP contribution in [-0.2, 0) is 32.8 Å². The van der Waals surface area contributed by atoms with Gasteiger partial charge in [-0.15, -0.1) is 0 Å². The minimum atomic E-state index is -2.42. The molecule has 0 aliphatic rings. The van der Waals surface area contributed by atoms with Gasteiger partial charge in [0, 0.05) is 21.3 Å². The predicted octanol–water partition coefficient (Wildman–Crippen LogP) is 1.74. The fraction of sp³-hybridized carbons (Fsp3) is 0.750. The maximum absolute atomic E-state index is 7.94. The third kappa shape index (κ3) is 14.9. The van der Waals surface area contributed by atoms with Crippen LogP contribution in [0.4, 0.5) is 0 Å². The third-order valence-corrected chi connectivity index (χ3v) is 3.21. The summed E-state index contributed by atoms with van der Waals surface area (Å²) in [6.07, 6.45) is 3.32. The Balaban J connectivity index is -0.000000170. The van der Waals surface area contributed by atoms with Crippen molar-refractivity contribution in [2.45, 2.75) is 20.3 Å². The van der Waals surface area contributed by atoms with Gasteiger partial charge in [-0.25, -0.2) is 0 Å². The number of hydrogen-bond acceptors (Lipinski definition) is 4. The summed E-state index contributed by atoms with van der Waals surface area (Å²) in [7, 11) is 2.14. The van der Waals surface area contributed by atoms with E-state index in [1.165, 1.54) is 27.8 Å². The topological polar surface area (TPSA) is 44.8 Å². The average molecular weight is 267 g/mol. The molecule has 0 rings (SSSR count). The van der Waals surface area contributed by atoms with Crippen LogP contribution in [0, 0.1) is 13.0 Å². The molecular weight excluding hydrogens is 247 g/mol. The Morgan fingerprint density at radius 2 is 1.43 bits per heavy atom. The van der Waals surface area contributed by atoms with Crippen molar-refractivity contribution in [3.05, 3.63) is 13.0 Å². The SMILES string of the molecule is C[CH-]CC.[CH2-][Si](OC)(OC)OC.[O]=[Co]. The molecule has 0 radical (unpaired) electrons. The first kappa shape index (κ1) is 19.9. The van der Waals surface area contributed by atoms with Crippen LogP contribution in [0.3, 0.4) is 0 Å². The summed E-state index contributed by atoms with van der Waals surface area (Å²) in [6, 6.07) is 0. The Morgan fingerprint density at radius 1 is 1.21 bits per heavy atom. The van der Waals surface area contributed by atoms with Gasteiger partial charge >= 0.3 is 28.3 Å². The second kappa shape index (κ2) is 15.9. The Bertz CT molecular complexity index is 91.1. The predicted molar refractivity (Wildman–Crippen MR) is 53.1 cm³/mol. The van der Waals surface area contributed by atoms with E-state index in [2.05, 4.69) is 42.5 Å². The standard InChI is InChI=1S/C4H11O3Si.C4H9.Co.O/c1-5-8(4,6-2)7-3;1-3-4-2;;/h4H2,1-3H3;3H,4H2,1-2H3;;/q2*-1;;. The Labute approximate surface area is 96.5 Å². The van der Waals surface area contributed by atoms with Crippen molar-refractivity contribution in [2.75, 3.05) is 21.3 Å². The van der Waals surface area contributed by atoms with Crippen molar-refractivity contribution >= 4 is 8.80 Å². The molecule has 0 N–H and O–H groups in total. The first-order chi connectivity index (χ1) is 6.60. The monoisotopic (exact) mass is 267 g/mol. The maximum atomic E-state index is 7.94. The zero-order chi connectivity index (χ0) is 12.0. The zero-order valence-corrected chi connectivity index (χ0v) is 11.5. The van der Waals surface area contributed by atoms with Crippen LogP contribution in [-0.4, -0.2) is 30.1 Å². The Morgan fingerprint density at radius 3 is 1.43 bits per heavy atom. The summed E-state index contributed by atoms with van der Waals surface area (Å²) >= 11 is 2.31. The van der Waals surface area contributed by atoms with Gasteiger partial charge in [0.2, 0.25) is 0 Å². The van der Waals surface area contributed by atoms with E-state index in [1.807, 2.05) is 0 Å². The molecule has 0 fully saturated rings. The van der Waals surface area contributed by atoms with Crippen LogP contribution < -0.4 is 0 Å². The molecule has 0 aliphatic carbocycles. The molecule has 0 spiro atoms. The summed E-state index contributed by atoms with van der Waals surface area (Å²) in [5.41, 5.74) is 0. The molecule has 0 heterocycles. The van der Waals surface area contributed by atoms with E-state index in [0.29, 0.717) is 0 Å². The zero-order valence-electron chi connectivity index (χ0n) is 9.46. The van der Waals surface area contributed by atoms with Gasteiger partial charge in [-0.2, -0.15) is 13.3 Å². The molecule has 0 atom stereocenters. The summed E-state index contributed by atoms with van der Waals surface area (Å²) < 4.78 is 22.4. The molecule has 0 aliphatic heterocycles. The molecule has 0 aromatic carbocycles. The van der Waals surface area contributed by atoms with Gasteiger partial charge < -0.3 is 19.7 Å². The molecule has 0 bridgehead atoms. The molecule has 6 heteroatoms. The van der Waals surface area contributed by atoms with Crippen LogP contribution in [0.5, 0.6) is 0 Å². The molecular formula is C8H20CoO4Si-2. The van der Waals surface area contributed by atoms with Crippen molar-refractivity contribution in [3.8, 4) is 0 Å². The van der Waals surface area contributed by atoms with Gasteiger partial charge in [0.05, 0.1) is 0 Å². The van der Waals surface area contributed by atoms with E-state index >= 15 is 0 Å². The summed E-state index contributed by atoms with van der Waals surface area (Å²) in [5.74, 6) is 0. The van der Waals surface area contributed by atoms with E-state index in [4.69, 9.17) is 17.1 Å². The normalized spacial score (nSPS) is 9.36. The van der Waals surface area contributed by atoms with E-state index in [0.717, 1.165) is 0 Å². The summed E-state index contributed by atoms with van der Waals surface area (Å²) in [6.45, 7) is 7.78. The minimum absolute atomic E-state index is 1.19. The quantitative estimate of drug-likeness (QED) is 0.575. The van der Waals surface area contributed by atoms with Crippen LogP contribution in [0.1, 0.15) is 20.3 Å². The van der Waals surface area contributed by atoms with Gasteiger partial charge in [-0.05, 0) is 0 Å². The van der Waals surface area contributed by atoms with E-state index in [9.17, 15) is 0 Å². The molecule has 0 amide bonds. The van der Waals surface area contributed by atoms with Crippen molar-refractivity contribution in [1.29, 1.82) is 0 Å². The van der Waals surface area contributed by atoms with Crippen molar-refractivity contribution < 1.29 is 32.8 Å². The van der Waals surface area contributed by atoms with Gasteiger partial charge in [0.1, 0.15) is 0 Å². The van der Waals surface area contributed by atoms with Gasteiger partial charge in [-0.3, -0.25) is 6.55 Å². The van der Waals surface area contributed by atoms with Crippen LogP contribution in [0.25, 0.3) is 0 Å². The average Bonchev–Trinajstić information content (AvgIpc) is 2.31. The third-order valence-electron chi connectivity index (χ3n) is 1.34. The van der Waals surface area contributed by atoms with E-state index in [-0.39, 0.29) is 0 Å². The van der Waals surface area contributed by atoms with E-state index in [1.54, 1.807) is 0 Å². The molecule has 4 nitrogen and oxygen atoms in total. The summed E-state index contributed by atoms with van der Waals surface area (Å²) in [5, 5.41) is 0. The van der Waals surface area contributed by atoms with Crippen LogP contribution in [0.2, 0.25) is 0 Å². The second-order valence-corrected chi connectivity index (χ2v) is 4.70. The van der Waals surface area contributed by atoms with Crippen LogP contribution >= 0.6 is 0 Å². The Kier molecular flexibility index (Phi) is 22.5. The fourth-order valence-electron chi connectivity index (χ4n) is 0.250. The molecule has 91 valence electrons. The molecule has 0 aromatic rings. The van der Waals surface area contributed by atoms with Gasteiger partial charge in [0.15, 0.2) is 0 Å². The van der Waals surface area contributed by atoms with E-state index < -0.39 is 8.80 Å². The number of hydrogen-bond donors (Lipinski definition) is 0.